The molecule has 1 aromatic rings. The van der Waals surface area contributed by atoms with E-state index in [1.807, 2.05) is 11.3 Å². The molecule has 0 amide bonds. The molecular weight excluding hydrogens is 372 g/mol. The van der Waals surface area contributed by atoms with Gasteiger partial charge in [-0.15, -0.1) is 11.3 Å². The van der Waals surface area contributed by atoms with E-state index < -0.39 is 0 Å². The molecule has 2 fully saturated rings. The fraction of sp³-hybridized carbons (Fsp3) is 0.810. The Hall–Kier alpha value is -1.18. The second-order valence-corrected chi connectivity index (χ2v) is 9.10. The average molecular weight is 407 g/mol. The van der Waals surface area contributed by atoms with Gasteiger partial charge in [-0.25, -0.2) is 4.98 Å². The van der Waals surface area contributed by atoms with Crippen molar-refractivity contribution in [1.29, 1.82) is 0 Å². The van der Waals surface area contributed by atoms with E-state index >= 15 is 0 Å². The number of ether oxygens (including phenoxy) is 2. The lowest BCUT2D eigenvalue weighted by molar-refractivity contribution is -0.0817. The van der Waals surface area contributed by atoms with Crippen LogP contribution in [0.1, 0.15) is 54.6 Å². The van der Waals surface area contributed by atoms with Crippen molar-refractivity contribution in [3.05, 3.63) is 15.6 Å². The van der Waals surface area contributed by atoms with Crippen LogP contribution in [0.5, 0.6) is 0 Å². The van der Waals surface area contributed by atoms with Crippen molar-refractivity contribution >= 4 is 17.3 Å². The zero-order valence-corrected chi connectivity index (χ0v) is 17.9. The number of nitrogens with one attached hydrogen (secondary N) is 1. The van der Waals surface area contributed by atoms with Crippen LogP contribution in [-0.2, 0) is 28.7 Å². The summed E-state index contributed by atoms with van der Waals surface area (Å²) in [4.78, 5) is 13.7. The first-order valence-corrected chi connectivity index (χ1v) is 11.9. The van der Waals surface area contributed by atoms with Gasteiger partial charge in [0.2, 0.25) is 0 Å². The van der Waals surface area contributed by atoms with Gasteiger partial charge in [-0.05, 0) is 51.9 Å². The van der Waals surface area contributed by atoms with Gasteiger partial charge in [0.05, 0.1) is 23.4 Å². The number of hydrogen-bond acceptors (Lipinski definition) is 5. The fourth-order valence-electron chi connectivity index (χ4n) is 4.34. The molecule has 0 spiro atoms. The third-order valence-corrected chi connectivity index (χ3v) is 7.02. The Morgan fingerprint density at radius 1 is 1.21 bits per heavy atom. The van der Waals surface area contributed by atoms with Crippen LogP contribution >= 0.6 is 11.3 Å². The molecule has 1 aromatic heterocycles. The number of fused-ring (bicyclic) bond motifs is 1. The SMILES string of the molecule is CCNC(=NCCCc1nc2c(s1)CCCC2)N1CCOC(C2CCCO2)C1. The van der Waals surface area contributed by atoms with Crippen molar-refractivity contribution in [2.24, 2.45) is 4.99 Å². The van der Waals surface area contributed by atoms with Crippen molar-refractivity contribution in [3.8, 4) is 0 Å². The number of morpholine rings is 1. The van der Waals surface area contributed by atoms with Crippen LogP contribution in [0, 0.1) is 0 Å². The second kappa shape index (κ2) is 10.0. The molecule has 156 valence electrons. The highest BCUT2D eigenvalue weighted by Gasteiger charge is 2.32. The molecule has 1 N–H and O–H groups in total. The Bertz CT molecular complexity index is 633. The molecule has 0 aromatic carbocycles. The van der Waals surface area contributed by atoms with Gasteiger partial charge in [0, 0.05) is 44.1 Å². The zero-order chi connectivity index (χ0) is 19.2. The van der Waals surface area contributed by atoms with E-state index in [0.29, 0.717) is 0 Å². The zero-order valence-electron chi connectivity index (χ0n) is 17.1. The minimum atomic E-state index is 0.168. The normalized spacial score (nSPS) is 25.8. The lowest BCUT2D eigenvalue weighted by Crippen LogP contribution is -2.53. The largest absolute Gasteiger partial charge is 0.375 e. The minimum absolute atomic E-state index is 0.168. The van der Waals surface area contributed by atoms with Gasteiger partial charge < -0.3 is 19.7 Å². The van der Waals surface area contributed by atoms with Gasteiger partial charge in [-0.2, -0.15) is 0 Å². The summed E-state index contributed by atoms with van der Waals surface area (Å²) in [6, 6.07) is 0. The molecule has 1 aliphatic carbocycles. The summed E-state index contributed by atoms with van der Waals surface area (Å²) in [5.74, 6) is 1.02. The number of hydrogen-bond donors (Lipinski definition) is 1. The molecule has 3 heterocycles. The maximum atomic E-state index is 5.99. The number of nitrogens with zero attached hydrogens (tertiary/aromatic N) is 3. The van der Waals surface area contributed by atoms with E-state index in [4.69, 9.17) is 19.5 Å². The van der Waals surface area contributed by atoms with E-state index in [1.54, 1.807) is 0 Å². The van der Waals surface area contributed by atoms with Crippen LogP contribution in [0.4, 0.5) is 0 Å². The minimum Gasteiger partial charge on any atom is -0.375 e. The molecule has 3 aliphatic rings. The highest BCUT2D eigenvalue weighted by Crippen LogP contribution is 2.27. The number of aliphatic imine (C=N–C) groups is 1. The van der Waals surface area contributed by atoms with E-state index in [9.17, 15) is 0 Å². The van der Waals surface area contributed by atoms with E-state index in [-0.39, 0.29) is 12.2 Å². The van der Waals surface area contributed by atoms with E-state index in [1.165, 1.54) is 41.3 Å². The van der Waals surface area contributed by atoms with Crippen LogP contribution in [0.3, 0.4) is 0 Å². The first kappa shape index (κ1) is 20.1. The molecule has 2 aliphatic heterocycles. The summed E-state index contributed by atoms with van der Waals surface area (Å²) in [6.45, 7) is 7.25. The Morgan fingerprint density at radius 2 is 2.11 bits per heavy atom. The molecule has 2 atom stereocenters. The monoisotopic (exact) mass is 406 g/mol. The van der Waals surface area contributed by atoms with Crippen LogP contribution in [0.25, 0.3) is 0 Å². The Labute approximate surface area is 172 Å². The highest BCUT2D eigenvalue weighted by atomic mass is 32.1. The fourth-order valence-corrected chi connectivity index (χ4v) is 5.54. The predicted octanol–water partition coefficient (Wildman–Crippen LogP) is 2.80. The van der Waals surface area contributed by atoms with Gasteiger partial charge in [-0.3, -0.25) is 4.99 Å². The Balaban J connectivity index is 1.29. The van der Waals surface area contributed by atoms with Gasteiger partial charge in [0.15, 0.2) is 5.96 Å². The van der Waals surface area contributed by atoms with Crippen molar-refractivity contribution in [2.45, 2.75) is 70.5 Å². The Kier molecular flexibility index (Phi) is 7.20. The summed E-state index contributed by atoms with van der Waals surface area (Å²) in [7, 11) is 0. The summed E-state index contributed by atoms with van der Waals surface area (Å²) in [6.07, 6.45) is 9.83. The third-order valence-electron chi connectivity index (χ3n) is 5.81. The summed E-state index contributed by atoms with van der Waals surface area (Å²) in [5, 5.41) is 4.77. The van der Waals surface area contributed by atoms with Gasteiger partial charge >= 0.3 is 0 Å². The average Bonchev–Trinajstić information content (AvgIpc) is 3.40. The summed E-state index contributed by atoms with van der Waals surface area (Å²) >= 11 is 1.93. The van der Waals surface area contributed by atoms with Gasteiger partial charge in [0.1, 0.15) is 6.10 Å². The molecule has 0 radical (unpaired) electrons. The van der Waals surface area contributed by atoms with Gasteiger partial charge in [0.25, 0.3) is 0 Å². The highest BCUT2D eigenvalue weighted by molar-refractivity contribution is 7.11. The van der Waals surface area contributed by atoms with E-state index in [0.717, 1.165) is 71.0 Å². The molecule has 28 heavy (non-hydrogen) atoms. The standard InChI is InChI=1S/C21H34N4O2S/c1-2-22-21(25-12-14-27-18(15-25)17-8-6-13-26-17)23-11-5-10-20-24-16-7-3-4-9-19(16)28-20/h17-18H,2-15H2,1H3,(H,22,23). The smallest absolute Gasteiger partial charge is 0.194 e. The first-order valence-electron chi connectivity index (χ1n) is 11.1. The van der Waals surface area contributed by atoms with Gasteiger partial charge in [-0.1, -0.05) is 0 Å². The number of rotatable bonds is 6. The summed E-state index contributed by atoms with van der Waals surface area (Å²) in [5.41, 5.74) is 1.37. The number of aromatic nitrogens is 1. The summed E-state index contributed by atoms with van der Waals surface area (Å²) < 4.78 is 11.8. The lowest BCUT2D eigenvalue weighted by Gasteiger charge is -2.37. The number of aryl methyl sites for hydroxylation is 3. The molecule has 6 nitrogen and oxygen atoms in total. The molecular formula is C21H34N4O2S. The topological polar surface area (TPSA) is 59.0 Å². The molecule has 2 saturated heterocycles. The second-order valence-electron chi connectivity index (χ2n) is 7.93. The van der Waals surface area contributed by atoms with Crippen molar-refractivity contribution in [1.82, 2.24) is 15.2 Å². The first-order chi connectivity index (χ1) is 13.8. The van der Waals surface area contributed by atoms with Crippen LogP contribution in [-0.4, -0.2) is 67.4 Å². The third kappa shape index (κ3) is 5.05. The van der Waals surface area contributed by atoms with E-state index in [2.05, 4.69) is 17.1 Å². The van der Waals surface area contributed by atoms with Crippen LogP contribution in [0.15, 0.2) is 4.99 Å². The van der Waals surface area contributed by atoms with Crippen molar-refractivity contribution in [2.75, 3.05) is 39.4 Å². The molecule has 0 bridgehead atoms. The van der Waals surface area contributed by atoms with Crippen LogP contribution in [0.2, 0.25) is 0 Å². The number of guanidine groups is 1. The lowest BCUT2D eigenvalue weighted by atomic mass is 10.0. The Morgan fingerprint density at radius 3 is 2.93 bits per heavy atom. The number of thiazole rings is 1. The molecule has 7 heteroatoms. The van der Waals surface area contributed by atoms with Crippen molar-refractivity contribution in [3.63, 3.8) is 0 Å². The maximum absolute atomic E-state index is 5.99. The molecule has 4 rings (SSSR count). The maximum Gasteiger partial charge on any atom is 0.194 e. The van der Waals surface area contributed by atoms with Crippen LogP contribution < -0.4 is 5.32 Å². The molecule has 2 unspecified atom stereocenters. The quantitative estimate of drug-likeness (QED) is 0.447. The predicted molar refractivity (Wildman–Crippen MR) is 113 cm³/mol. The van der Waals surface area contributed by atoms with Crippen molar-refractivity contribution < 1.29 is 9.47 Å². The molecule has 0 saturated carbocycles.